The Bertz CT molecular complexity index is 440. The van der Waals surface area contributed by atoms with Crippen LogP contribution in [0, 0.1) is 11.6 Å². The molecule has 2 nitrogen and oxygen atoms in total. The van der Waals surface area contributed by atoms with Crippen LogP contribution in [-0.4, -0.2) is 23.0 Å². The van der Waals surface area contributed by atoms with Crippen LogP contribution in [0.4, 0.5) is 8.78 Å². The van der Waals surface area contributed by atoms with Gasteiger partial charge in [-0.25, -0.2) is 8.78 Å². The lowest BCUT2D eigenvalue weighted by Gasteiger charge is -2.38. The summed E-state index contributed by atoms with van der Waals surface area (Å²) >= 11 is 0. The Hall–Kier alpha value is -1.00. The van der Waals surface area contributed by atoms with Gasteiger partial charge in [-0.1, -0.05) is 0 Å². The number of hydrogen-bond acceptors (Lipinski definition) is 2. The summed E-state index contributed by atoms with van der Waals surface area (Å²) in [6.07, 6.45) is 0.803. The van der Waals surface area contributed by atoms with E-state index in [1.165, 1.54) is 12.1 Å². The molecular formula is C14H20F2N2. The van der Waals surface area contributed by atoms with Crippen LogP contribution in [-0.2, 0) is 0 Å². The zero-order valence-electron chi connectivity index (χ0n) is 11.1. The number of rotatable bonds is 1. The molecule has 2 unspecified atom stereocenters. The Morgan fingerprint density at radius 2 is 1.94 bits per heavy atom. The largest absolute Gasteiger partial charge is 0.326 e. The Labute approximate surface area is 107 Å². The molecular weight excluding hydrogens is 234 g/mol. The molecule has 0 aliphatic carbocycles. The Morgan fingerprint density at radius 1 is 1.28 bits per heavy atom. The van der Waals surface area contributed by atoms with Crippen molar-refractivity contribution in [2.45, 2.75) is 44.8 Å². The quantitative estimate of drug-likeness (QED) is 0.835. The van der Waals surface area contributed by atoms with Gasteiger partial charge >= 0.3 is 0 Å². The lowest BCUT2D eigenvalue weighted by atomic mass is 9.96. The number of likely N-dealkylation sites (tertiary alicyclic amines) is 1. The molecule has 2 N–H and O–H groups in total. The van der Waals surface area contributed by atoms with E-state index in [0.29, 0.717) is 5.56 Å². The summed E-state index contributed by atoms with van der Waals surface area (Å²) < 4.78 is 27.2. The minimum absolute atomic E-state index is 0.114. The molecule has 0 bridgehead atoms. The number of nitrogens with two attached hydrogens (primary N) is 1. The molecule has 100 valence electrons. The van der Waals surface area contributed by atoms with E-state index in [0.717, 1.165) is 19.0 Å². The SMILES string of the molecule is CC(C)(C)N1CCC(N)C1c1cc(F)ccc1F. The predicted molar refractivity (Wildman–Crippen MR) is 68.2 cm³/mol. The van der Waals surface area contributed by atoms with Crippen LogP contribution in [0.5, 0.6) is 0 Å². The van der Waals surface area contributed by atoms with Crippen molar-refractivity contribution in [1.82, 2.24) is 4.90 Å². The summed E-state index contributed by atoms with van der Waals surface area (Å²) in [5.41, 5.74) is 6.34. The molecule has 0 amide bonds. The maximum absolute atomic E-state index is 13.9. The molecule has 1 fully saturated rings. The molecule has 0 spiro atoms. The van der Waals surface area contributed by atoms with Crippen molar-refractivity contribution in [3.05, 3.63) is 35.4 Å². The fraction of sp³-hybridized carbons (Fsp3) is 0.571. The molecule has 2 atom stereocenters. The second-order valence-corrected chi connectivity index (χ2v) is 5.93. The topological polar surface area (TPSA) is 29.3 Å². The zero-order valence-corrected chi connectivity index (χ0v) is 11.1. The molecule has 1 heterocycles. The summed E-state index contributed by atoms with van der Waals surface area (Å²) in [7, 11) is 0. The highest BCUT2D eigenvalue weighted by molar-refractivity contribution is 5.25. The standard InChI is InChI=1S/C14H20F2N2/c1-14(2,3)18-7-6-12(17)13(18)10-8-9(15)4-5-11(10)16/h4-5,8,12-13H,6-7,17H2,1-3H3. The highest BCUT2D eigenvalue weighted by atomic mass is 19.1. The first-order chi connectivity index (χ1) is 8.30. The molecule has 0 aromatic heterocycles. The van der Waals surface area contributed by atoms with E-state index < -0.39 is 5.82 Å². The molecule has 1 aliphatic rings. The van der Waals surface area contributed by atoms with Crippen molar-refractivity contribution in [2.24, 2.45) is 5.73 Å². The third-order valence-electron chi connectivity index (χ3n) is 3.58. The lowest BCUT2D eigenvalue weighted by Crippen LogP contribution is -2.43. The fourth-order valence-electron chi connectivity index (χ4n) is 2.71. The van der Waals surface area contributed by atoms with Crippen LogP contribution in [0.25, 0.3) is 0 Å². The van der Waals surface area contributed by atoms with E-state index in [1.807, 2.05) is 0 Å². The summed E-state index contributed by atoms with van der Waals surface area (Å²) in [5, 5.41) is 0. The Kier molecular flexibility index (Phi) is 3.43. The molecule has 18 heavy (non-hydrogen) atoms. The molecule has 4 heteroatoms. The predicted octanol–water partition coefficient (Wildman–Crippen LogP) is 2.84. The molecule has 1 saturated heterocycles. The average Bonchev–Trinajstić information content (AvgIpc) is 2.63. The van der Waals surface area contributed by atoms with E-state index in [1.54, 1.807) is 0 Å². The van der Waals surface area contributed by atoms with Crippen LogP contribution in [0.2, 0.25) is 0 Å². The van der Waals surface area contributed by atoms with E-state index in [4.69, 9.17) is 5.73 Å². The second kappa shape index (κ2) is 4.59. The van der Waals surface area contributed by atoms with E-state index in [9.17, 15) is 8.78 Å². The molecule has 0 radical (unpaired) electrons. The highest BCUT2D eigenvalue weighted by Gasteiger charge is 2.40. The Morgan fingerprint density at radius 3 is 2.56 bits per heavy atom. The third-order valence-corrected chi connectivity index (χ3v) is 3.58. The van der Waals surface area contributed by atoms with Gasteiger partial charge in [0.1, 0.15) is 11.6 Å². The van der Waals surface area contributed by atoms with Gasteiger partial charge in [-0.3, -0.25) is 4.90 Å². The first-order valence-electron chi connectivity index (χ1n) is 6.28. The van der Waals surface area contributed by atoms with Crippen molar-refractivity contribution in [1.29, 1.82) is 0 Å². The molecule has 0 saturated carbocycles. The smallest absolute Gasteiger partial charge is 0.128 e. The number of halogens is 2. The summed E-state index contributed by atoms with van der Waals surface area (Å²) in [4.78, 5) is 2.15. The fourth-order valence-corrected chi connectivity index (χ4v) is 2.71. The molecule has 1 aliphatic heterocycles. The van der Waals surface area contributed by atoms with Crippen LogP contribution < -0.4 is 5.73 Å². The van der Waals surface area contributed by atoms with Gasteiger partial charge in [0, 0.05) is 23.7 Å². The summed E-state index contributed by atoms with van der Waals surface area (Å²) in [6.45, 7) is 7.00. The van der Waals surface area contributed by atoms with Gasteiger partial charge in [0.2, 0.25) is 0 Å². The van der Waals surface area contributed by atoms with Gasteiger partial charge in [0.05, 0.1) is 6.04 Å². The van der Waals surface area contributed by atoms with Gasteiger partial charge < -0.3 is 5.73 Å². The van der Waals surface area contributed by atoms with E-state index in [2.05, 4.69) is 25.7 Å². The average molecular weight is 254 g/mol. The first-order valence-corrected chi connectivity index (χ1v) is 6.28. The van der Waals surface area contributed by atoms with Crippen LogP contribution in [0.1, 0.15) is 38.8 Å². The van der Waals surface area contributed by atoms with Crippen molar-refractivity contribution < 1.29 is 8.78 Å². The normalized spacial score (nSPS) is 25.7. The van der Waals surface area contributed by atoms with Gasteiger partial charge in [-0.05, 0) is 45.4 Å². The Balaban J connectivity index is 2.43. The second-order valence-electron chi connectivity index (χ2n) is 5.93. The molecule has 1 aromatic rings. The van der Waals surface area contributed by atoms with Gasteiger partial charge in [-0.2, -0.15) is 0 Å². The maximum atomic E-state index is 13.9. The maximum Gasteiger partial charge on any atom is 0.128 e. The van der Waals surface area contributed by atoms with Crippen molar-refractivity contribution in [3.63, 3.8) is 0 Å². The van der Waals surface area contributed by atoms with Crippen LogP contribution in [0.3, 0.4) is 0 Å². The zero-order chi connectivity index (χ0) is 13.5. The highest BCUT2D eigenvalue weighted by Crippen LogP contribution is 2.37. The summed E-state index contributed by atoms with van der Waals surface area (Å²) in [6, 6.07) is 3.18. The number of hydrogen-bond donors (Lipinski definition) is 1. The summed E-state index contributed by atoms with van der Waals surface area (Å²) in [5.74, 6) is -0.799. The van der Waals surface area contributed by atoms with E-state index in [-0.39, 0.29) is 23.4 Å². The third kappa shape index (κ3) is 2.40. The van der Waals surface area contributed by atoms with E-state index >= 15 is 0 Å². The minimum Gasteiger partial charge on any atom is -0.326 e. The van der Waals surface area contributed by atoms with Crippen LogP contribution in [0.15, 0.2) is 18.2 Å². The molecule has 2 rings (SSSR count). The van der Waals surface area contributed by atoms with Gasteiger partial charge in [0.25, 0.3) is 0 Å². The minimum atomic E-state index is -0.417. The number of benzene rings is 1. The van der Waals surface area contributed by atoms with Crippen molar-refractivity contribution >= 4 is 0 Å². The van der Waals surface area contributed by atoms with Gasteiger partial charge in [0.15, 0.2) is 0 Å². The van der Waals surface area contributed by atoms with Crippen molar-refractivity contribution in [3.8, 4) is 0 Å². The monoisotopic (exact) mass is 254 g/mol. The van der Waals surface area contributed by atoms with Gasteiger partial charge in [-0.15, -0.1) is 0 Å². The van der Waals surface area contributed by atoms with Crippen LogP contribution >= 0.6 is 0 Å². The lowest BCUT2D eigenvalue weighted by molar-refractivity contribution is 0.114. The number of nitrogens with zero attached hydrogens (tertiary/aromatic N) is 1. The first kappa shape index (κ1) is 13.4. The molecule has 1 aromatic carbocycles. The van der Waals surface area contributed by atoms with Crippen molar-refractivity contribution in [2.75, 3.05) is 6.54 Å².